The molecule has 4 rings (SSSR count). The van der Waals surface area contributed by atoms with Crippen LogP contribution in [0.4, 0.5) is 18.9 Å². The minimum absolute atomic E-state index is 0.0511. The van der Waals surface area contributed by atoms with E-state index in [1.165, 1.54) is 24.1 Å². The van der Waals surface area contributed by atoms with Crippen LogP contribution in [0.25, 0.3) is 0 Å². The van der Waals surface area contributed by atoms with Crippen molar-refractivity contribution in [2.45, 2.75) is 25.2 Å². The molecule has 1 atom stereocenters. The summed E-state index contributed by atoms with van der Waals surface area (Å²) in [5.41, 5.74) is 1.56. The van der Waals surface area contributed by atoms with Gasteiger partial charge in [-0.15, -0.1) is 13.2 Å². The number of nitrogens with zero attached hydrogens (tertiary/aromatic N) is 1. The molecule has 0 bridgehead atoms. The van der Waals surface area contributed by atoms with E-state index >= 15 is 0 Å². The number of Topliss-reactive ketones (excluding diaryl/α,β-unsaturated/α-hetero) is 1. The molecule has 1 aliphatic rings. The maximum atomic E-state index is 13.3. The maximum absolute atomic E-state index is 13.3. The van der Waals surface area contributed by atoms with Gasteiger partial charge in [0.2, 0.25) is 0 Å². The second-order valence-corrected chi connectivity index (χ2v) is 8.06. The predicted molar refractivity (Wildman–Crippen MR) is 126 cm³/mol. The summed E-state index contributed by atoms with van der Waals surface area (Å²) >= 11 is 0. The molecule has 6 nitrogen and oxygen atoms in total. The number of ether oxygens (including phenoxy) is 2. The van der Waals surface area contributed by atoms with E-state index in [1.807, 2.05) is 30.3 Å². The fourth-order valence-corrected chi connectivity index (χ4v) is 4.10. The monoisotopic (exact) mass is 497 g/mol. The molecule has 1 amide bonds. The highest BCUT2D eigenvalue weighted by atomic mass is 19.4. The summed E-state index contributed by atoms with van der Waals surface area (Å²) in [6.07, 6.45) is -4.41. The normalized spacial score (nSPS) is 15.8. The number of aliphatic hydroxyl groups excluding tert-OH is 1. The molecule has 186 valence electrons. The number of carbonyl (C=O) groups is 2. The third-order valence-corrected chi connectivity index (χ3v) is 5.77. The molecule has 1 N–H and O–H groups in total. The molecule has 0 saturated heterocycles. The van der Waals surface area contributed by atoms with Crippen molar-refractivity contribution >= 4 is 17.4 Å². The van der Waals surface area contributed by atoms with Gasteiger partial charge in [0.15, 0.2) is 11.5 Å². The van der Waals surface area contributed by atoms with Crippen molar-refractivity contribution in [2.24, 2.45) is 0 Å². The van der Waals surface area contributed by atoms with Crippen LogP contribution in [0.3, 0.4) is 0 Å². The second-order valence-electron chi connectivity index (χ2n) is 8.06. The van der Waals surface area contributed by atoms with Crippen LogP contribution in [0.5, 0.6) is 11.5 Å². The minimum atomic E-state index is -4.87. The van der Waals surface area contributed by atoms with Gasteiger partial charge in [-0.25, -0.2) is 0 Å². The van der Waals surface area contributed by atoms with Crippen molar-refractivity contribution in [3.63, 3.8) is 0 Å². The first-order valence-corrected chi connectivity index (χ1v) is 11.0. The quantitative estimate of drug-likeness (QED) is 0.432. The van der Waals surface area contributed by atoms with Gasteiger partial charge in [-0.3, -0.25) is 14.5 Å². The number of aryl methyl sites for hydroxylation is 1. The van der Waals surface area contributed by atoms with Crippen molar-refractivity contribution in [3.8, 4) is 11.5 Å². The van der Waals surface area contributed by atoms with E-state index in [0.717, 1.165) is 17.7 Å². The van der Waals surface area contributed by atoms with Crippen LogP contribution in [0.2, 0.25) is 0 Å². The number of hydrogen-bond acceptors (Lipinski definition) is 5. The van der Waals surface area contributed by atoms with Crippen molar-refractivity contribution in [1.82, 2.24) is 0 Å². The smallest absolute Gasteiger partial charge is 0.503 e. The lowest BCUT2D eigenvalue weighted by atomic mass is 9.93. The lowest BCUT2D eigenvalue weighted by molar-refractivity contribution is -0.274. The molecule has 3 aromatic rings. The fraction of sp³-hybridized carbons (Fsp3) is 0.185. The van der Waals surface area contributed by atoms with Gasteiger partial charge in [0, 0.05) is 12.1 Å². The molecule has 9 heteroatoms. The number of alkyl halides is 3. The summed E-state index contributed by atoms with van der Waals surface area (Å²) in [7, 11) is 1.50. The van der Waals surface area contributed by atoms with E-state index in [4.69, 9.17) is 4.74 Å². The summed E-state index contributed by atoms with van der Waals surface area (Å²) in [6, 6.07) is 19.6. The largest absolute Gasteiger partial charge is 0.573 e. The number of halogens is 3. The first-order chi connectivity index (χ1) is 17.2. The van der Waals surface area contributed by atoms with Crippen LogP contribution in [0, 0.1) is 0 Å². The molecule has 36 heavy (non-hydrogen) atoms. The average molecular weight is 497 g/mol. The lowest BCUT2D eigenvalue weighted by Crippen LogP contribution is -2.31. The van der Waals surface area contributed by atoms with Gasteiger partial charge in [-0.2, -0.15) is 0 Å². The fourth-order valence-electron chi connectivity index (χ4n) is 4.10. The number of aliphatic hydroxyl groups is 1. The number of benzene rings is 3. The van der Waals surface area contributed by atoms with Crippen LogP contribution in [0.1, 0.15) is 23.6 Å². The van der Waals surface area contributed by atoms with E-state index in [0.29, 0.717) is 17.7 Å². The topological polar surface area (TPSA) is 76.1 Å². The van der Waals surface area contributed by atoms with E-state index in [2.05, 4.69) is 4.74 Å². The number of carbonyl (C=O) groups excluding carboxylic acids is 2. The van der Waals surface area contributed by atoms with Gasteiger partial charge in [-0.05, 0) is 53.9 Å². The lowest BCUT2D eigenvalue weighted by Gasteiger charge is -2.27. The van der Waals surface area contributed by atoms with Crippen molar-refractivity contribution < 1.29 is 37.3 Å². The molecule has 1 heterocycles. The Morgan fingerprint density at radius 2 is 1.56 bits per heavy atom. The van der Waals surface area contributed by atoms with Crippen LogP contribution >= 0.6 is 0 Å². The summed E-state index contributed by atoms with van der Waals surface area (Å²) in [5, 5.41) is 10.8. The van der Waals surface area contributed by atoms with Gasteiger partial charge >= 0.3 is 6.36 Å². The Bertz CT molecular complexity index is 1270. The molecular weight excluding hydrogens is 475 g/mol. The summed E-state index contributed by atoms with van der Waals surface area (Å²) < 4.78 is 46.8. The molecule has 0 spiro atoms. The Balaban J connectivity index is 1.69. The SMILES string of the molecule is COc1ccc(C2C(C(=O)CCc3ccccc3)=C(O)C(=O)N2c2ccc(OC(F)(F)F)cc2)cc1. The second kappa shape index (κ2) is 10.2. The standard InChI is InChI=1S/C27H22F3NO5/c1-35-20-12-8-18(9-13-20)24-23(22(32)16-7-17-5-3-2-4-6-17)25(33)26(34)31(24)19-10-14-21(15-11-19)36-27(28,29)30/h2-6,8-15,24,33H,7,16H2,1H3. The highest BCUT2D eigenvalue weighted by Crippen LogP contribution is 2.42. The van der Waals surface area contributed by atoms with Gasteiger partial charge in [0.1, 0.15) is 11.5 Å². The third-order valence-electron chi connectivity index (χ3n) is 5.77. The Labute approximate surface area is 205 Å². The first kappa shape index (κ1) is 24.8. The molecule has 0 radical (unpaired) electrons. The zero-order valence-corrected chi connectivity index (χ0v) is 19.2. The number of rotatable bonds is 8. The molecule has 1 aliphatic heterocycles. The molecule has 0 aromatic heterocycles. The van der Waals surface area contributed by atoms with Crippen LogP contribution in [0.15, 0.2) is 90.2 Å². The van der Waals surface area contributed by atoms with E-state index in [-0.39, 0.29) is 17.7 Å². The third kappa shape index (κ3) is 5.35. The molecule has 0 aliphatic carbocycles. The maximum Gasteiger partial charge on any atom is 0.573 e. The molecule has 0 saturated carbocycles. The van der Waals surface area contributed by atoms with Gasteiger partial charge in [0.05, 0.1) is 18.7 Å². The van der Waals surface area contributed by atoms with Crippen LogP contribution in [-0.4, -0.2) is 30.3 Å². The van der Waals surface area contributed by atoms with Gasteiger partial charge in [-0.1, -0.05) is 42.5 Å². The Morgan fingerprint density at radius 3 is 2.14 bits per heavy atom. The van der Waals surface area contributed by atoms with Crippen LogP contribution in [-0.2, 0) is 16.0 Å². The summed E-state index contributed by atoms with van der Waals surface area (Å²) in [5.74, 6) is -1.85. The molecule has 0 fully saturated rings. The van der Waals surface area contributed by atoms with E-state index in [1.54, 1.807) is 24.3 Å². The van der Waals surface area contributed by atoms with Crippen molar-refractivity contribution in [3.05, 3.63) is 101 Å². The van der Waals surface area contributed by atoms with Crippen LogP contribution < -0.4 is 14.4 Å². The summed E-state index contributed by atoms with van der Waals surface area (Å²) in [6.45, 7) is 0. The first-order valence-electron chi connectivity index (χ1n) is 11.0. The Hall–Kier alpha value is -4.27. The Kier molecular flexibility index (Phi) is 7.00. The number of amides is 1. The van der Waals surface area contributed by atoms with Crippen molar-refractivity contribution in [2.75, 3.05) is 12.0 Å². The summed E-state index contributed by atoms with van der Waals surface area (Å²) in [4.78, 5) is 27.6. The van der Waals surface area contributed by atoms with Gasteiger partial charge < -0.3 is 14.6 Å². The van der Waals surface area contributed by atoms with E-state index in [9.17, 15) is 27.9 Å². The van der Waals surface area contributed by atoms with E-state index < -0.39 is 35.6 Å². The zero-order valence-electron chi connectivity index (χ0n) is 19.2. The highest BCUT2D eigenvalue weighted by molar-refractivity contribution is 6.16. The average Bonchev–Trinajstić information content (AvgIpc) is 3.13. The Morgan fingerprint density at radius 1 is 0.944 bits per heavy atom. The van der Waals surface area contributed by atoms with Gasteiger partial charge in [0.25, 0.3) is 5.91 Å². The highest BCUT2D eigenvalue weighted by Gasteiger charge is 2.44. The van der Waals surface area contributed by atoms with Crippen molar-refractivity contribution in [1.29, 1.82) is 0 Å². The molecule has 3 aromatic carbocycles. The number of hydrogen-bond donors (Lipinski definition) is 1. The predicted octanol–water partition coefficient (Wildman–Crippen LogP) is 5.70. The molecular formula is C27H22F3NO5. The zero-order chi connectivity index (χ0) is 25.9. The number of anilines is 1. The molecule has 1 unspecified atom stereocenters. The number of ketones is 1. The minimum Gasteiger partial charge on any atom is -0.503 e. The number of methoxy groups -OCH3 is 1.